The Labute approximate surface area is 94.4 Å². The van der Waals surface area contributed by atoms with E-state index in [4.69, 9.17) is 0 Å². The highest BCUT2D eigenvalue weighted by atomic mass is 32.1. The van der Waals surface area contributed by atoms with Gasteiger partial charge in [0, 0.05) is 0 Å². The normalized spacial score (nSPS) is 13.4. The molecule has 1 rings (SSSR count). The van der Waals surface area contributed by atoms with Crippen molar-refractivity contribution in [1.82, 2.24) is 0 Å². The van der Waals surface area contributed by atoms with Crippen molar-refractivity contribution in [2.75, 3.05) is 0 Å². The number of rotatable bonds is 2. The first-order valence-electron chi connectivity index (χ1n) is 5.24. The molecule has 0 aliphatic heterocycles. The lowest BCUT2D eigenvalue weighted by Gasteiger charge is -2.16. The SMILES string of the molecule is Cc1cc([Si](C)(C)C)sc1[Si](C)(C)C. The molecule has 1 aromatic heterocycles. The average molecular weight is 243 g/mol. The topological polar surface area (TPSA) is 0 Å². The molecule has 0 aromatic carbocycles. The van der Waals surface area contributed by atoms with E-state index in [2.05, 4.69) is 63.6 Å². The van der Waals surface area contributed by atoms with Crippen molar-refractivity contribution < 1.29 is 0 Å². The maximum atomic E-state index is 2.45. The lowest BCUT2D eigenvalue weighted by molar-refractivity contribution is 1.56. The molecule has 0 radical (unpaired) electrons. The van der Waals surface area contributed by atoms with E-state index in [-0.39, 0.29) is 0 Å². The molecule has 1 aromatic rings. The predicted molar refractivity (Wildman–Crippen MR) is 75.0 cm³/mol. The number of hydrogen-bond acceptors (Lipinski definition) is 1. The van der Waals surface area contributed by atoms with Crippen molar-refractivity contribution in [3.8, 4) is 0 Å². The largest absolute Gasteiger partial charge is 0.154 e. The van der Waals surface area contributed by atoms with Crippen LogP contribution in [0.4, 0.5) is 0 Å². The third kappa shape index (κ3) is 2.58. The van der Waals surface area contributed by atoms with Gasteiger partial charge in [0.1, 0.15) is 0 Å². The Bertz CT molecular complexity index is 326. The zero-order valence-electron chi connectivity index (χ0n) is 10.5. The molecule has 1 heterocycles. The molecule has 0 saturated carbocycles. The lowest BCUT2D eigenvalue weighted by atomic mass is 10.4. The summed E-state index contributed by atoms with van der Waals surface area (Å²) in [6.07, 6.45) is 0. The number of aryl methyl sites for hydroxylation is 1. The summed E-state index contributed by atoms with van der Waals surface area (Å²) in [7, 11) is -2.18. The first kappa shape index (κ1) is 12.2. The quantitative estimate of drug-likeness (QED) is 0.699. The standard InChI is InChI=1S/C11H22SSi2/c1-9-8-10(13(2,3)4)12-11(9)14(5,6)7/h8H,1-7H3. The van der Waals surface area contributed by atoms with E-state index in [0.29, 0.717) is 0 Å². The van der Waals surface area contributed by atoms with Crippen molar-refractivity contribution in [2.45, 2.75) is 46.2 Å². The number of hydrogen-bond donors (Lipinski definition) is 0. The van der Waals surface area contributed by atoms with Crippen molar-refractivity contribution in [1.29, 1.82) is 0 Å². The van der Waals surface area contributed by atoms with E-state index in [0.717, 1.165) is 0 Å². The summed E-state index contributed by atoms with van der Waals surface area (Å²) in [6, 6.07) is 2.45. The lowest BCUT2D eigenvalue weighted by Crippen LogP contribution is -2.38. The molecule has 0 fully saturated rings. The van der Waals surface area contributed by atoms with Gasteiger partial charge in [-0.25, -0.2) is 0 Å². The van der Waals surface area contributed by atoms with Gasteiger partial charge >= 0.3 is 0 Å². The van der Waals surface area contributed by atoms with Crippen LogP contribution in [-0.4, -0.2) is 16.1 Å². The number of thiophene rings is 1. The van der Waals surface area contributed by atoms with Crippen molar-refractivity contribution in [3.63, 3.8) is 0 Å². The van der Waals surface area contributed by atoms with E-state index < -0.39 is 16.1 Å². The fourth-order valence-corrected chi connectivity index (χ4v) is 7.57. The molecule has 0 atom stereocenters. The molecule has 0 N–H and O–H groups in total. The van der Waals surface area contributed by atoms with Gasteiger partial charge in [-0.15, -0.1) is 0 Å². The van der Waals surface area contributed by atoms with Crippen LogP contribution in [0.25, 0.3) is 0 Å². The van der Waals surface area contributed by atoms with Gasteiger partial charge in [-0.05, 0) is 27.6 Å². The van der Waals surface area contributed by atoms with Crippen molar-refractivity contribution in [3.05, 3.63) is 11.6 Å². The highest BCUT2D eigenvalue weighted by Crippen LogP contribution is 2.14. The minimum atomic E-state index is -1.10. The Kier molecular flexibility index (Phi) is 3.15. The summed E-state index contributed by atoms with van der Waals surface area (Å²) in [5, 5.41) is 0. The van der Waals surface area contributed by atoms with Gasteiger partial charge in [0.15, 0.2) is 0 Å². The van der Waals surface area contributed by atoms with Gasteiger partial charge in [0.05, 0.1) is 16.1 Å². The maximum Gasteiger partial charge on any atom is 0.0907 e. The van der Waals surface area contributed by atoms with E-state index >= 15 is 0 Å². The van der Waals surface area contributed by atoms with Gasteiger partial charge in [-0.3, -0.25) is 0 Å². The Hall–Kier alpha value is 0.134. The molecule has 0 saturated heterocycles. The molecule has 0 amide bonds. The Morgan fingerprint density at radius 2 is 1.43 bits per heavy atom. The van der Waals surface area contributed by atoms with Crippen LogP contribution in [0.2, 0.25) is 39.3 Å². The highest BCUT2D eigenvalue weighted by Gasteiger charge is 2.26. The second kappa shape index (κ2) is 3.61. The van der Waals surface area contributed by atoms with Crippen molar-refractivity contribution >= 4 is 36.5 Å². The molecular weight excluding hydrogens is 220 g/mol. The Morgan fingerprint density at radius 1 is 0.929 bits per heavy atom. The molecule has 0 unspecified atom stereocenters. The van der Waals surface area contributed by atoms with Crippen LogP contribution in [0.3, 0.4) is 0 Å². The fourth-order valence-electron chi connectivity index (χ4n) is 1.60. The Morgan fingerprint density at radius 3 is 1.64 bits per heavy atom. The Balaban J connectivity index is 3.19. The van der Waals surface area contributed by atoms with Gasteiger partial charge in [0.2, 0.25) is 0 Å². The minimum absolute atomic E-state index is 1.08. The maximum absolute atomic E-state index is 2.45. The van der Waals surface area contributed by atoms with Crippen LogP contribution in [0.15, 0.2) is 6.07 Å². The fraction of sp³-hybridized carbons (Fsp3) is 0.636. The minimum Gasteiger partial charge on any atom is -0.154 e. The molecular formula is C11H22SSi2. The summed E-state index contributed by atoms with van der Waals surface area (Å²) in [5.74, 6) is 0. The third-order valence-corrected chi connectivity index (χ3v) is 10.9. The summed E-state index contributed by atoms with van der Waals surface area (Å²) in [5.41, 5.74) is 1.55. The summed E-state index contributed by atoms with van der Waals surface area (Å²) < 4.78 is 3.38. The van der Waals surface area contributed by atoms with Crippen molar-refractivity contribution in [2.24, 2.45) is 0 Å². The molecule has 0 aliphatic rings. The van der Waals surface area contributed by atoms with Gasteiger partial charge in [-0.2, -0.15) is 11.3 Å². The monoisotopic (exact) mass is 242 g/mol. The van der Waals surface area contributed by atoms with E-state index in [9.17, 15) is 0 Å². The van der Waals surface area contributed by atoms with E-state index in [1.54, 1.807) is 14.6 Å². The summed E-state index contributed by atoms with van der Waals surface area (Å²) in [6.45, 7) is 16.9. The van der Waals surface area contributed by atoms with E-state index in [1.165, 1.54) is 0 Å². The second-order valence-corrected chi connectivity index (χ2v) is 17.9. The molecule has 0 aliphatic carbocycles. The van der Waals surface area contributed by atoms with E-state index in [1.807, 2.05) is 0 Å². The molecule has 80 valence electrons. The van der Waals surface area contributed by atoms with Crippen LogP contribution in [0, 0.1) is 6.92 Å². The smallest absolute Gasteiger partial charge is 0.0907 e. The first-order chi connectivity index (χ1) is 6.12. The zero-order chi connectivity index (χ0) is 11.1. The zero-order valence-corrected chi connectivity index (χ0v) is 13.3. The molecule has 0 bridgehead atoms. The molecule has 3 heteroatoms. The second-order valence-electron chi connectivity index (χ2n) is 6.12. The predicted octanol–water partition coefficient (Wildman–Crippen LogP) is 3.15. The van der Waals surface area contributed by atoms with Gasteiger partial charge in [-0.1, -0.05) is 39.3 Å². The first-order valence-corrected chi connectivity index (χ1v) is 13.1. The highest BCUT2D eigenvalue weighted by molar-refractivity contribution is 7.35. The van der Waals surface area contributed by atoms with Crippen LogP contribution < -0.4 is 9.00 Å². The van der Waals surface area contributed by atoms with Crippen LogP contribution in [0.5, 0.6) is 0 Å². The third-order valence-electron chi connectivity index (χ3n) is 2.34. The molecule has 0 spiro atoms. The summed E-state index contributed by atoms with van der Waals surface area (Å²) in [4.78, 5) is 0. The van der Waals surface area contributed by atoms with Gasteiger partial charge in [0.25, 0.3) is 0 Å². The van der Waals surface area contributed by atoms with Gasteiger partial charge < -0.3 is 0 Å². The van der Waals surface area contributed by atoms with Crippen LogP contribution in [0.1, 0.15) is 5.56 Å². The summed E-state index contributed by atoms with van der Waals surface area (Å²) >= 11 is 2.10. The average Bonchev–Trinajstić information content (AvgIpc) is 2.27. The van der Waals surface area contributed by atoms with Crippen LogP contribution in [-0.2, 0) is 0 Å². The van der Waals surface area contributed by atoms with Crippen LogP contribution >= 0.6 is 11.3 Å². The molecule has 0 nitrogen and oxygen atoms in total. The molecule has 14 heavy (non-hydrogen) atoms.